The van der Waals surface area contributed by atoms with Crippen LogP contribution >= 0.6 is 34.8 Å². The summed E-state index contributed by atoms with van der Waals surface area (Å²) in [6.45, 7) is 3.61. The van der Waals surface area contributed by atoms with Gasteiger partial charge in [-0.05, 0) is 12.8 Å². The maximum Gasteiger partial charge on any atom is 0.358 e. The minimum Gasteiger partial charge on any atom is -0.461 e. The van der Waals surface area contributed by atoms with Gasteiger partial charge in [0.1, 0.15) is 12.9 Å². The predicted octanol–water partition coefficient (Wildman–Crippen LogP) is 2.91. The lowest BCUT2D eigenvalue weighted by atomic mass is 9.85. The maximum atomic E-state index is 11.1. The van der Waals surface area contributed by atoms with Crippen LogP contribution in [0.2, 0.25) is 0 Å². The number of hydrogen-bond acceptors (Lipinski definition) is 3. The lowest BCUT2D eigenvalue weighted by molar-refractivity contribution is -0.147. The van der Waals surface area contributed by atoms with Crippen LogP contribution in [0.4, 0.5) is 0 Å². The summed E-state index contributed by atoms with van der Waals surface area (Å²) in [6.07, 6.45) is 1.92. The molecule has 0 rings (SSSR count). The molecular weight excluding hydrogens is 262 g/mol. The third-order valence-electron chi connectivity index (χ3n) is 2.38. The van der Waals surface area contributed by atoms with Crippen LogP contribution in [-0.4, -0.2) is 22.7 Å². The molecule has 0 saturated heterocycles. The highest BCUT2D eigenvalue weighted by molar-refractivity contribution is 6.75. The number of esters is 1. The summed E-state index contributed by atoms with van der Waals surface area (Å²) in [4.78, 5) is 22.0. The second-order valence-corrected chi connectivity index (χ2v) is 5.54. The molecule has 0 aliphatic carbocycles. The summed E-state index contributed by atoms with van der Waals surface area (Å²) in [5.41, 5.74) is -0.675. The molecule has 0 aromatic rings. The van der Waals surface area contributed by atoms with Gasteiger partial charge >= 0.3 is 5.97 Å². The zero-order valence-electron chi connectivity index (χ0n) is 8.56. The van der Waals surface area contributed by atoms with Gasteiger partial charge in [-0.2, -0.15) is 0 Å². The Morgan fingerprint density at radius 3 is 2.00 bits per heavy atom. The van der Waals surface area contributed by atoms with E-state index in [4.69, 9.17) is 39.5 Å². The minimum atomic E-state index is -2.09. The summed E-state index contributed by atoms with van der Waals surface area (Å²) in [7, 11) is 0. The number of halogens is 3. The van der Waals surface area contributed by atoms with E-state index in [2.05, 4.69) is 0 Å². The van der Waals surface area contributed by atoms with Crippen LogP contribution in [0, 0.1) is 5.41 Å². The van der Waals surface area contributed by atoms with Crippen LogP contribution in [0.15, 0.2) is 0 Å². The molecule has 0 fully saturated rings. The van der Waals surface area contributed by atoms with Gasteiger partial charge in [0.15, 0.2) is 0 Å². The molecule has 0 bridgehead atoms. The van der Waals surface area contributed by atoms with Crippen LogP contribution in [-0.2, 0) is 14.3 Å². The summed E-state index contributed by atoms with van der Waals surface area (Å²) in [5, 5.41) is 0. The lowest BCUT2D eigenvalue weighted by Gasteiger charge is -2.24. The van der Waals surface area contributed by atoms with Crippen LogP contribution in [0.5, 0.6) is 0 Å². The van der Waals surface area contributed by atoms with Crippen molar-refractivity contribution in [2.45, 2.75) is 30.5 Å². The van der Waals surface area contributed by atoms with Crippen molar-refractivity contribution in [1.82, 2.24) is 0 Å². The quantitative estimate of drug-likeness (QED) is 0.440. The summed E-state index contributed by atoms with van der Waals surface area (Å²) in [6, 6.07) is 0. The molecule has 0 N–H and O–H groups in total. The second-order valence-electron chi connectivity index (χ2n) is 3.26. The molecule has 0 atom stereocenters. The first kappa shape index (κ1) is 15.0. The standard InChI is InChI=1S/C9H13Cl3O3/c1-3-8(4-2,5-13)6-15-7(14)9(10,11)12/h5H,3-4,6H2,1-2H3. The van der Waals surface area contributed by atoms with E-state index in [1.807, 2.05) is 13.8 Å². The fourth-order valence-corrected chi connectivity index (χ4v) is 1.11. The molecule has 0 saturated carbocycles. The van der Waals surface area contributed by atoms with Gasteiger partial charge in [-0.3, -0.25) is 0 Å². The topological polar surface area (TPSA) is 43.4 Å². The third-order valence-corrected chi connectivity index (χ3v) is 2.84. The lowest BCUT2D eigenvalue weighted by Crippen LogP contribution is -2.32. The predicted molar refractivity (Wildman–Crippen MR) is 60.3 cm³/mol. The van der Waals surface area contributed by atoms with Gasteiger partial charge in [-0.15, -0.1) is 0 Å². The van der Waals surface area contributed by atoms with E-state index in [-0.39, 0.29) is 6.61 Å². The van der Waals surface area contributed by atoms with Gasteiger partial charge < -0.3 is 9.53 Å². The van der Waals surface area contributed by atoms with Crippen molar-refractivity contribution in [3.63, 3.8) is 0 Å². The van der Waals surface area contributed by atoms with Crippen molar-refractivity contribution < 1.29 is 14.3 Å². The molecule has 0 aromatic carbocycles. The average Bonchev–Trinajstić information content (AvgIpc) is 2.19. The number of carbonyl (C=O) groups is 2. The fourth-order valence-electron chi connectivity index (χ4n) is 0.946. The Morgan fingerprint density at radius 1 is 1.27 bits per heavy atom. The Morgan fingerprint density at radius 2 is 1.73 bits per heavy atom. The molecule has 0 heterocycles. The Labute approximate surface area is 104 Å². The molecule has 0 aliphatic rings. The molecule has 0 aromatic heterocycles. The number of hydrogen-bond donors (Lipinski definition) is 0. The number of ether oxygens (including phenoxy) is 1. The highest BCUT2D eigenvalue weighted by Gasteiger charge is 2.35. The molecular formula is C9H13Cl3O3. The van der Waals surface area contributed by atoms with E-state index in [9.17, 15) is 9.59 Å². The van der Waals surface area contributed by atoms with Crippen molar-refractivity contribution in [1.29, 1.82) is 0 Å². The van der Waals surface area contributed by atoms with E-state index < -0.39 is 15.2 Å². The van der Waals surface area contributed by atoms with E-state index >= 15 is 0 Å². The molecule has 0 amide bonds. The zero-order chi connectivity index (χ0) is 12.1. The van der Waals surface area contributed by atoms with Crippen LogP contribution in [0.1, 0.15) is 26.7 Å². The fraction of sp³-hybridized carbons (Fsp3) is 0.778. The SMILES string of the molecule is CCC(C=O)(CC)COC(=O)C(Cl)(Cl)Cl. The van der Waals surface area contributed by atoms with E-state index in [1.165, 1.54) is 0 Å². The third kappa shape index (κ3) is 4.58. The first-order valence-corrected chi connectivity index (χ1v) is 5.65. The van der Waals surface area contributed by atoms with Gasteiger partial charge in [-0.1, -0.05) is 48.7 Å². The maximum absolute atomic E-state index is 11.1. The van der Waals surface area contributed by atoms with Crippen molar-refractivity contribution in [3.8, 4) is 0 Å². The van der Waals surface area contributed by atoms with Crippen molar-refractivity contribution in [3.05, 3.63) is 0 Å². The number of alkyl halides is 3. The van der Waals surface area contributed by atoms with Gasteiger partial charge in [0.2, 0.25) is 0 Å². The van der Waals surface area contributed by atoms with Gasteiger partial charge in [0.05, 0.1) is 5.41 Å². The number of rotatable bonds is 5. The van der Waals surface area contributed by atoms with E-state index in [0.29, 0.717) is 12.8 Å². The first-order valence-electron chi connectivity index (χ1n) is 4.51. The zero-order valence-corrected chi connectivity index (χ0v) is 10.8. The van der Waals surface area contributed by atoms with Crippen molar-refractivity contribution in [2.75, 3.05) is 6.61 Å². The van der Waals surface area contributed by atoms with Crippen LogP contribution in [0.3, 0.4) is 0 Å². The minimum absolute atomic E-state index is 0.0593. The molecule has 6 heteroatoms. The van der Waals surface area contributed by atoms with E-state index in [1.54, 1.807) is 0 Å². The number of carbonyl (C=O) groups excluding carboxylic acids is 2. The molecule has 0 unspecified atom stereocenters. The highest BCUT2D eigenvalue weighted by Crippen LogP contribution is 2.30. The number of aldehydes is 1. The van der Waals surface area contributed by atoms with Crippen molar-refractivity contribution in [2.24, 2.45) is 5.41 Å². The Bertz CT molecular complexity index is 231. The largest absolute Gasteiger partial charge is 0.461 e. The van der Waals surface area contributed by atoms with Crippen LogP contribution < -0.4 is 0 Å². The summed E-state index contributed by atoms with van der Waals surface area (Å²) >= 11 is 15.9. The van der Waals surface area contributed by atoms with Gasteiger partial charge in [-0.25, -0.2) is 4.79 Å². The molecule has 0 spiro atoms. The Balaban J connectivity index is 4.36. The summed E-state index contributed by atoms with van der Waals surface area (Å²) < 4.78 is 2.69. The molecule has 0 radical (unpaired) electrons. The van der Waals surface area contributed by atoms with Gasteiger partial charge in [0, 0.05) is 0 Å². The van der Waals surface area contributed by atoms with E-state index in [0.717, 1.165) is 6.29 Å². The normalized spacial score (nSPS) is 12.3. The highest BCUT2D eigenvalue weighted by atomic mass is 35.6. The second kappa shape index (κ2) is 5.92. The first-order chi connectivity index (χ1) is 6.81. The molecule has 15 heavy (non-hydrogen) atoms. The summed E-state index contributed by atoms with van der Waals surface area (Å²) in [5.74, 6) is -0.958. The van der Waals surface area contributed by atoms with Crippen LogP contribution in [0.25, 0.3) is 0 Å². The Hall–Kier alpha value is 0.01000. The van der Waals surface area contributed by atoms with Gasteiger partial charge in [0.25, 0.3) is 3.79 Å². The smallest absolute Gasteiger partial charge is 0.358 e. The molecule has 88 valence electrons. The Kier molecular flexibility index (Phi) is 5.93. The van der Waals surface area contributed by atoms with Crippen molar-refractivity contribution >= 4 is 47.1 Å². The average molecular weight is 276 g/mol. The molecule has 0 aliphatic heterocycles. The molecule has 3 nitrogen and oxygen atoms in total. The monoisotopic (exact) mass is 274 g/mol.